The zero-order chi connectivity index (χ0) is 18.0. The highest BCUT2D eigenvalue weighted by molar-refractivity contribution is 5.96. The predicted octanol–water partition coefficient (Wildman–Crippen LogP) is 3.64. The number of nitrogens with zero attached hydrogens (tertiary/aromatic N) is 1. The summed E-state index contributed by atoms with van der Waals surface area (Å²) in [5.41, 5.74) is 2.87. The van der Waals surface area contributed by atoms with Crippen molar-refractivity contribution in [3.05, 3.63) is 65.5 Å². The number of aryl methyl sites for hydroxylation is 2. The van der Waals surface area contributed by atoms with Crippen molar-refractivity contribution in [2.24, 2.45) is 0 Å². The highest BCUT2D eigenvalue weighted by Crippen LogP contribution is 2.31. The zero-order valence-corrected chi connectivity index (χ0v) is 15.0. The molecule has 25 heavy (non-hydrogen) atoms. The van der Waals surface area contributed by atoms with Crippen molar-refractivity contribution in [1.82, 2.24) is 0 Å². The predicted molar refractivity (Wildman–Crippen MR) is 97.5 cm³/mol. The molecule has 128 valence electrons. The normalized spacial score (nSPS) is 10.7. The van der Waals surface area contributed by atoms with Crippen molar-refractivity contribution < 1.29 is 18.8 Å². The Labute approximate surface area is 147 Å². The molecule has 1 heterocycles. The van der Waals surface area contributed by atoms with Gasteiger partial charge in [0.25, 0.3) is 0 Å². The number of carbonyl (C=O) groups excluding carboxylic acids is 1. The number of hydrogen-bond acceptors (Lipinski definition) is 3. The summed E-state index contributed by atoms with van der Waals surface area (Å²) in [7, 11) is 3.24. The first-order valence-electron chi connectivity index (χ1n) is 8.17. The summed E-state index contributed by atoms with van der Waals surface area (Å²) < 4.78 is 12.6. The molecular formula is C21H22NO3+. The Morgan fingerprint density at radius 3 is 2.32 bits per heavy atom. The molecule has 0 spiro atoms. The van der Waals surface area contributed by atoms with E-state index in [9.17, 15) is 4.79 Å². The molecule has 2 aromatic carbocycles. The molecule has 3 rings (SSSR count). The molecule has 4 nitrogen and oxygen atoms in total. The van der Waals surface area contributed by atoms with Gasteiger partial charge in [-0.15, -0.1) is 0 Å². The van der Waals surface area contributed by atoms with Crippen LogP contribution in [-0.4, -0.2) is 20.0 Å². The number of fused-ring (bicyclic) bond motifs is 1. The summed E-state index contributed by atoms with van der Waals surface area (Å²) in [4.78, 5) is 12.7. The second-order valence-electron chi connectivity index (χ2n) is 6.19. The molecule has 0 atom stereocenters. The van der Waals surface area contributed by atoms with Crippen LogP contribution in [-0.2, 0) is 6.54 Å². The van der Waals surface area contributed by atoms with Gasteiger partial charge in [-0.1, -0.05) is 17.7 Å². The minimum absolute atomic E-state index is 0.103. The van der Waals surface area contributed by atoms with Gasteiger partial charge in [0.15, 0.2) is 23.9 Å². The number of pyridine rings is 1. The van der Waals surface area contributed by atoms with E-state index >= 15 is 0 Å². The Morgan fingerprint density at radius 2 is 1.64 bits per heavy atom. The summed E-state index contributed by atoms with van der Waals surface area (Å²) in [6, 6.07) is 11.8. The van der Waals surface area contributed by atoms with E-state index < -0.39 is 0 Å². The minimum atomic E-state index is 0.103. The first-order chi connectivity index (χ1) is 12.0. The van der Waals surface area contributed by atoms with Crippen LogP contribution in [0.25, 0.3) is 10.8 Å². The molecule has 0 unspecified atom stereocenters. The van der Waals surface area contributed by atoms with E-state index in [4.69, 9.17) is 9.47 Å². The Morgan fingerprint density at radius 1 is 0.960 bits per heavy atom. The summed E-state index contributed by atoms with van der Waals surface area (Å²) in [6.45, 7) is 4.27. The maximum Gasteiger partial charge on any atom is 0.227 e. The molecule has 4 heteroatoms. The molecule has 0 saturated heterocycles. The van der Waals surface area contributed by atoms with Gasteiger partial charge in [-0.05, 0) is 43.0 Å². The lowest BCUT2D eigenvalue weighted by Crippen LogP contribution is -2.37. The van der Waals surface area contributed by atoms with Gasteiger partial charge in [0.1, 0.15) is 0 Å². The van der Waals surface area contributed by atoms with Gasteiger partial charge in [0.2, 0.25) is 12.3 Å². The first kappa shape index (κ1) is 17.0. The van der Waals surface area contributed by atoms with Crippen LogP contribution in [0.3, 0.4) is 0 Å². The van der Waals surface area contributed by atoms with Crippen molar-refractivity contribution in [1.29, 1.82) is 0 Å². The van der Waals surface area contributed by atoms with Crippen LogP contribution >= 0.6 is 0 Å². The fraction of sp³-hybridized carbons (Fsp3) is 0.238. The fourth-order valence-electron chi connectivity index (χ4n) is 2.95. The van der Waals surface area contributed by atoms with E-state index in [1.165, 1.54) is 0 Å². The largest absolute Gasteiger partial charge is 0.493 e. The second kappa shape index (κ2) is 6.93. The molecule has 0 aliphatic rings. The Balaban J connectivity index is 1.93. The lowest BCUT2D eigenvalue weighted by Gasteiger charge is -2.09. The number of hydrogen-bond donors (Lipinski definition) is 0. The molecule has 0 amide bonds. The fourth-order valence-corrected chi connectivity index (χ4v) is 2.95. The molecule has 0 saturated carbocycles. The van der Waals surface area contributed by atoms with Gasteiger partial charge in [-0.25, -0.2) is 0 Å². The summed E-state index contributed by atoms with van der Waals surface area (Å²) >= 11 is 0. The van der Waals surface area contributed by atoms with Crippen LogP contribution in [0, 0.1) is 13.8 Å². The number of ketones is 1. The summed E-state index contributed by atoms with van der Waals surface area (Å²) in [5.74, 6) is 1.47. The Bertz CT molecular complexity index is 947. The summed E-state index contributed by atoms with van der Waals surface area (Å²) in [6.07, 6.45) is 3.87. The highest BCUT2D eigenvalue weighted by Gasteiger charge is 2.16. The molecule has 1 aromatic heterocycles. The zero-order valence-electron chi connectivity index (χ0n) is 15.0. The standard InChI is InChI=1S/C21H22NO3/c1-14-5-6-15(2)18(9-14)19(23)13-22-8-7-16-10-20(24-3)21(25-4)11-17(16)12-22/h5-12H,13H2,1-4H3/q+1. The van der Waals surface area contributed by atoms with Gasteiger partial charge in [-0.3, -0.25) is 4.79 Å². The van der Waals surface area contributed by atoms with E-state index in [2.05, 4.69) is 0 Å². The van der Waals surface area contributed by atoms with Gasteiger partial charge < -0.3 is 9.47 Å². The van der Waals surface area contributed by atoms with Gasteiger partial charge >= 0.3 is 0 Å². The van der Waals surface area contributed by atoms with E-state index in [-0.39, 0.29) is 5.78 Å². The van der Waals surface area contributed by atoms with Crippen LogP contribution in [0.5, 0.6) is 11.5 Å². The van der Waals surface area contributed by atoms with Crippen molar-refractivity contribution >= 4 is 16.6 Å². The Kier molecular flexibility index (Phi) is 4.70. The molecule has 0 radical (unpaired) electrons. The first-order valence-corrected chi connectivity index (χ1v) is 8.17. The third kappa shape index (κ3) is 3.48. The van der Waals surface area contributed by atoms with E-state index in [1.54, 1.807) is 14.2 Å². The van der Waals surface area contributed by atoms with Crippen molar-refractivity contribution in [2.75, 3.05) is 14.2 Å². The van der Waals surface area contributed by atoms with Crippen molar-refractivity contribution in [3.63, 3.8) is 0 Å². The van der Waals surface area contributed by atoms with Crippen LogP contribution in [0.4, 0.5) is 0 Å². The molecule has 3 aromatic rings. The number of ether oxygens (including phenoxy) is 2. The van der Waals surface area contributed by atoms with Crippen molar-refractivity contribution in [3.8, 4) is 11.5 Å². The van der Waals surface area contributed by atoms with Crippen LogP contribution in [0.2, 0.25) is 0 Å². The molecule has 0 N–H and O–H groups in total. The lowest BCUT2D eigenvalue weighted by molar-refractivity contribution is -0.681. The molecule has 0 aliphatic heterocycles. The highest BCUT2D eigenvalue weighted by atomic mass is 16.5. The number of aromatic nitrogens is 1. The smallest absolute Gasteiger partial charge is 0.227 e. The maximum atomic E-state index is 12.7. The molecule has 0 aliphatic carbocycles. The van der Waals surface area contributed by atoms with E-state index in [0.717, 1.165) is 27.5 Å². The summed E-state index contributed by atoms with van der Waals surface area (Å²) in [5, 5.41) is 2.03. The third-order valence-electron chi connectivity index (χ3n) is 4.36. The number of Topliss-reactive ketones (excluding diaryl/α,β-unsaturated/α-hetero) is 1. The topological polar surface area (TPSA) is 39.4 Å². The monoisotopic (exact) mass is 336 g/mol. The number of methoxy groups -OCH3 is 2. The number of benzene rings is 2. The van der Waals surface area contributed by atoms with Gasteiger partial charge in [0, 0.05) is 17.0 Å². The average molecular weight is 336 g/mol. The molecule has 0 bridgehead atoms. The van der Waals surface area contributed by atoms with E-state index in [1.807, 2.05) is 67.2 Å². The lowest BCUT2D eigenvalue weighted by atomic mass is 10.0. The van der Waals surface area contributed by atoms with Crippen LogP contribution in [0.15, 0.2) is 48.8 Å². The number of rotatable bonds is 5. The van der Waals surface area contributed by atoms with Crippen LogP contribution in [0.1, 0.15) is 21.5 Å². The van der Waals surface area contributed by atoms with Gasteiger partial charge in [-0.2, -0.15) is 4.57 Å². The maximum absolute atomic E-state index is 12.7. The van der Waals surface area contributed by atoms with E-state index in [0.29, 0.717) is 18.0 Å². The quantitative estimate of drug-likeness (QED) is 0.527. The Hall–Kier alpha value is -2.88. The average Bonchev–Trinajstić information content (AvgIpc) is 2.62. The number of carbonyl (C=O) groups is 1. The molecular weight excluding hydrogens is 314 g/mol. The molecule has 0 fully saturated rings. The van der Waals surface area contributed by atoms with Crippen LogP contribution < -0.4 is 14.0 Å². The second-order valence-corrected chi connectivity index (χ2v) is 6.19. The minimum Gasteiger partial charge on any atom is -0.493 e. The van der Waals surface area contributed by atoms with Crippen molar-refractivity contribution in [2.45, 2.75) is 20.4 Å². The third-order valence-corrected chi connectivity index (χ3v) is 4.36. The SMILES string of the molecule is COc1cc2cc[n+](CC(=O)c3cc(C)ccc3C)cc2cc1OC. The van der Waals surface area contributed by atoms with Gasteiger partial charge in [0.05, 0.1) is 14.2 Å².